The number of hydrogen-bond acceptors (Lipinski definition) is 6. The third-order valence-electron chi connectivity index (χ3n) is 4.34. The summed E-state index contributed by atoms with van der Waals surface area (Å²) in [5, 5.41) is 14.0. The Balaban J connectivity index is 1.60. The molecule has 2 rings (SSSR count). The Hall–Kier alpha value is -1.96. The van der Waals surface area contributed by atoms with Gasteiger partial charge in [0.25, 0.3) is 0 Å². The molecule has 1 aliphatic carbocycles. The van der Waals surface area contributed by atoms with Gasteiger partial charge in [0.05, 0.1) is 32.4 Å². The third-order valence-corrected chi connectivity index (χ3v) is 4.34. The minimum Gasteiger partial charge on any atom is -0.465 e. The highest BCUT2D eigenvalue weighted by Crippen LogP contribution is 2.26. The van der Waals surface area contributed by atoms with Crippen LogP contribution in [0.1, 0.15) is 51.1 Å². The van der Waals surface area contributed by atoms with Gasteiger partial charge in [0.15, 0.2) is 0 Å². The molecule has 0 aromatic carbocycles. The molecule has 1 fully saturated rings. The SMILES string of the molecule is CCOC(=O)CNCCn1cc(CNC(=O)CC2CCCCC2)nn1. The van der Waals surface area contributed by atoms with Crippen molar-refractivity contribution >= 4 is 11.9 Å². The maximum Gasteiger partial charge on any atom is 0.319 e. The van der Waals surface area contributed by atoms with E-state index in [0.29, 0.717) is 38.6 Å². The molecule has 0 bridgehead atoms. The van der Waals surface area contributed by atoms with E-state index in [0.717, 1.165) is 5.69 Å². The zero-order valence-electron chi connectivity index (χ0n) is 15.0. The maximum absolute atomic E-state index is 12.0. The van der Waals surface area contributed by atoms with Crippen LogP contribution in [0.5, 0.6) is 0 Å². The molecule has 25 heavy (non-hydrogen) atoms. The van der Waals surface area contributed by atoms with E-state index in [4.69, 9.17) is 4.74 Å². The van der Waals surface area contributed by atoms with Gasteiger partial charge in [-0.3, -0.25) is 14.3 Å². The molecule has 2 N–H and O–H groups in total. The molecule has 1 saturated carbocycles. The second-order valence-electron chi connectivity index (χ2n) is 6.44. The molecule has 0 aliphatic heterocycles. The number of nitrogens with zero attached hydrogens (tertiary/aromatic N) is 3. The first-order chi connectivity index (χ1) is 12.2. The molecule has 0 spiro atoms. The fourth-order valence-corrected chi connectivity index (χ4v) is 3.04. The van der Waals surface area contributed by atoms with Crippen LogP contribution in [0.15, 0.2) is 6.20 Å². The molecule has 1 aromatic heterocycles. The molecule has 8 heteroatoms. The minimum atomic E-state index is -0.262. The summed E-state index contributed by atoms with van der Waals surface area (Å²) in [5.74, 6) is 0.370. The van der Waals surface area contributed by atoms with Crippen molar-refractivity contribution in [2.75, 3.05) is 19.7 Å². The highest BCUT2D eigenvalue weighted by atomic mass is 16.5. The molecule has 1 aliphatic rings. The van der Waals surface area contributed by atoms with E-state index in [2.05, 4.69) is 20.9 Å². The van der Waals surface area contributed by atoms with Gasteiger partial charge in [0.2, 0.25) is 5.91 Å². The van der Waals surface area contributed by atoms with E-state index in [1.807, 2.05) is 6.20 Å². The molecule has 0 radical (unpaired) electrons. The fraction of sp³-hybridized carbons (Fsp3) is 0.765. The molecule has 0 unspecified atom stereocenters. The number of nitrogens with one attached hydrogen (secondary N) is 2. The van der Waals surface area contributed by atoms with Crippen molar-refractivity contribution in [3.8, 4) is 0 Å². The summed E-state index contributed by atoms with van der Waals surface area (Å²) >= 11 is 0. The first-order valence-electron chi connectivity index (χ1n) is 9.19. The van der Waals surface area contributed by atoms with Gasteiger partial charge in [-0.2, -0.15) is 0 Å². The van der Waals surface area contributed by atoms with E-state index in [9.17, 15) is 9.59 Å². The Bertz CT molecular complexity index is 540. The lowest BCUT2D eigenvalue weighted by atomic mass is 9.87. The zero-order chi connectivity index (χ0) is 17.9. The second kappa shape index (κ2) is 10.8. The smallest absolute Gasteiger partial charge is 0.319 e. The van der Waals surface area contributed by atoms with Crippen LogP contribution in [0.2, 0.25) is 0 Å². The van der Waals surface area contributed by atoms with Crippen LogP contribution in [0.25, 0.3) is 0 Å². The van der Waals surface area contributed by atoms with Crippen molar-refractivity contribution in [2.45, 2.75) is 58.5 Å². The van der Waals surface area contributed by atoms with Crippen molar-refractivity contribution in [3.05, 3.63) is 11.9 Å². The molecular formula is C17H29N5O3. The van der Waals surface area contributed by atoms with Crippen molar-refractivity contribution in [2.24, 2.45) is 5.92 Å². The number of carbonyl (C=O) groups excluding carboxylic acids is 2. The normalized spacial score (nSPS) is 15.1. The van der Waals surface area contributed by atoms with Crippen LogP contribution in [0.4, 0.5) is 0 Å². The van der Waals surface area contributed by atoms with E-state index in [1.165, 1.54) is 32.1 Å². The zero-order valence-corrected chi connectivity index (χ0v) is 15.0. The Morgan fingerprint density at radius 3 is 2.88 bits per heavy atom. The van der Waals surface area contributed by atoms with Crippen LogP contribution in [0, 0.1) is 5.92 Å². The Kier molecular flexibility index (Phi) is 8.38. The lowest BCUT2D eigenvalue weighted by molar-refractivity contribution is -0.142. The lowest BCUT2D eigenvalue weighted by Crippen LogP contribution is -2.28. The van der Waals surface area contributed by atoms with Crippen LogP contribution in [-0.4, -0.2) is 46.6 Å². The van der Waals surface area contributed by atoms with E-state index >= 15 is 0 Å². The standard InChI is InChI=1S/C17H29N5O3/c1-2-25-17(24)12-18-8-9-22-13-15(20-21-22)11-19-16(23)10-14-6-4-3-5-7-14/h13-14,18H,2-12H2,1H3,(H,19,23). The average Bonchev–Trinajstić information content (AvgIpc) is 3.06. The number of ether oxygens (including phenoxy) is 1. The molecule has 1 heterocycles. The van der Waals surface area contributed by atoms with Gasteiger partial charge in [0, 0.05) is 13.0 Å². The molecule has 1 amide bonds. The van der Waals surface area contributed by atoms with Gasteiger partial charge < -0.3 is 15.4 Å². The van der Waals surface area contributed by atoms with Crippen LogP contribution in [0.3, 0.4) is 0 Å². The lowest BCUT2D eigenvalue weighted by Gasteiger charge is -2.20. The Morgan fingerprint density at radius 2 is 2.12 bits per heavy atom. The molecule has 8 nitrogen and oxygen atoms in total. The van der Waals surface area contributed by atoms with Crippen LogP contribution in [-0.2, 0) is 27.4 Å². The van der Waals surface area contributed by atoms with E-state index in [1.54, 1.807) is 11.6 Å². The van der Waals surface area contributed by atoms with Crippen molar-refractivity contribution in [3.63, 3.8) is 0 Å². The molecule has 0 atom stereocenters. The summed E-state index contributed by atoms with van der Waals surface area (Å²) in [5.41, 5.74) is 0.738. The van der Waals surface area contributed by atoms with Crippen molar-refractivity contribution in [1.29, 1.82) is 0 Å². The summed E-state index contributed by atoms with van der Waals surface area (Å²) in [6, 6.07) is 0. The van der Waals surface area contributed by atoms with Gasteiger partial charge in [-0.25, -0.2) is 0 Å². The van der Waals surface area contributed by atoms with Gasteiger partial charge >= 0.3 is 5.97 Å². The number of rotatable bonds is 10. The van der Waals surface area contributed by atoms with Gasteiger partial charge in [-0.15, -0.1) is 5.10 Å². The fourth-order valence-electron chi connectivity index (χ4n) is 3.04. The van der Waals surface area contributed by atoms with Gasteiger partial charge in [-0.1, -0.05) is 24.5 Å². The highest BCUT2D eigenvalue weighted by molar-refractivity contribution is 5.76. The summed E-state index contributed by atoms with van der Waals surface area (Å²) in [6.45, 7) is 3.95. The van der Waals surface area contributed by atoms with Crippen molar-refractivity contribution < 1.29 is 14.3 Å². The van der Waals surface area contributed by atoms with Crippen LogP contribution >= 0.6 is 0 Å². The largest absolute Gasteiger partial charge is 0.465 e. The number of carbonyl (C=O) groups is 2. The van der Waals surface area contributed by atoms with Gasteiger partial charge in [-0.05, 0) is 25.7 Å². The number of amides is 1. The predicted molar refractivity (Wildman–Crippen MR) is 92.6 cm³/mol. The highest BCUT2D eigenvalue weighted by Gasteiger charge is 2.17. The summed E-state index contributed by atoms with van der Waals surface area (Å²) in [4.78, 5) is 23.2. The number of esters is 1. The molecular weight excluding hydrogens is 322 g/mol. The van der Waals surface area contributed by atoms with Crippen LogP contribution < -0.4 is 10.6 Å². The topological polar surface area (TPSA) is 98.1 Å². The van der Waals surface area contributed by atoms with E-state index < -0.39 is 0 Å². The maximum atomic E-state index is 12.0. The van der Waals surface area contributed by atoms with Gasteiger partial charge in [0.1, 0.15) is 5.69 Å². The second-order valence-corrected chi connectivity index (χ2v) is 6.44. The predicted octanol–water partition coefficient (Wildman–Crippen LogP) is 1.02. The average molecular weight is 351 g/mol. The quantitative estimate of drug-likeness (QED) is 0.482. The summed E-state index contributed by atoms with van der Waals surface area (Å²) < 4.78 is 6.53. The summed E-state index contributed by atoms with van der Waals surface area (Å²) in [6.07, 6.45) is 8.56. The van der Waals surface area contributed by atoms with Crippen molar-refractivity contribution in [1.82, 2.24) is 25.6 Å². The number of aromatic nitrogens is 3. The minimum absolute atomic E-state index is 0.0950. The third kappa shape index (κ3) is 7.64. The first-order valence-corrected chi connectivity index (χ1v) is 9.19. The molecule has 140 valence electrons. The number of hydrogen-bond donors (Lipinski definition) is 2. The first kappa shape index (κ1) is 19.4. The summed E-state index contributed by atoms with van der Waals surface area (Å²) in [7, 11) is 0. The van der Waals surface area contributed by atoms with E-state index in [-0.39, 0.29) is 18.4 Å². The Labute approximate surface area is 148 Å². The molecule has 1 aromatic rings. The molecule has 0 saturated heterocycles. The monoisotopic (exact) mass is 351 g/mol. The Morgan fingerprint density at radius 1 is 1.32 bits per heavy atom.